The lowest BCUT2D eigenvalue weighted by Crippen LogP contribution is -2.48. The van der Waals surface area contributed by atoms with E-state index in [1.807, 2.05) is 30.5 Å². The summed E-state index contributed by atoms with van der Waals surface area (Å²) >= 11 is 6.46. The number of H-pyrrole nitrogens is 1. The number of piperidine rings is 1. The summed E-state index contributed by atoms with van der Waals surface area (Å²) in [6, 6.07) is 8.43. The third-order valence-corrected chi connectivity index (χ3v) is 7.55. The zero-order valence-electron chi connectivity index (χ0n) is 20.2. The minimum atomic E-state index is -0.149. The van der Waals surface area contributed by atoms with Crippen LogP contribution in [0.1, 0.15) is 38.5 Å². The Bertz CT molecular complexity index is 1270. The number of hydrogen-bond donors (Lipinski definition) is 3. The molecule has 1 aliphatic heterocycles. The Hall–Kier alpha value is -3.39. The van der Waals surface area contributed by atoms with Gasteiger partial charge < -0.3 is 20.5 Å². The van der Waals surface area contributed by atoms with E-state index in [1.165, 1.54) is 6.08 Å². The topological polar surface area (TPSA) is 103 Å². The normalized spacial score (nSPS) is 22.2. The molecule has 188 valence electrons. The molecule has 5 rings (SSSR count). The molecule has 1 saturated heterocycles. The lowest BCUT2D eigenvalue weighted by molar-refractivity contribution is -0.132. The standard InChI is InChI=1S/C27H31ClN6O2/c1-2-24(35)34-13-5-6-17(16-34)26(36)31-18-9-11-19(12-10-18)32-27-30-15-22(28)25(33-27)21-14-29-23-8-4-3-7-20(21)23/h2-4,7-8,14-15,17-19,29H,1,5-6,9-13,16H2,(H,31,36)(H,30,32,33)/t17?,18-,19+. The molecule has 2 amide bonds. The summed E-state index contributed by atoms with van der Waals surface area (Å²) in [6.07, 6.45) is 10.1. The number of aromatic amines is 1. The van der Waals surface area contributed by atoms with Crippen LogP contribution in [0.25, 0.3) is 22.2 Å². The fourth-order valence-corrected chi connectivity index (χ4v) is 5.49. The second-order valence-electron chi connectivity index (χ2n) is 9.67. The van der Waals surface area contributed by atoms with E-state index in [2.05, 4.69) is 27.2 Å². The number of amides is 2. The molecule has 0 radical (unpaired) electrons. The van der Waals surface area contributed by atoms with Crippen LogP contribution < -0.4 is 10.6 Å². The molecule has 0 bridgehead atoms. The second kappa shape index (κ2) is 10.7. The van der Waals surface area contributed by atoms with Crippen molar-refractivity contribution in [3.8, 4) is 11.3 Å². The summed E-state index contributed by atoms with van der Waals surface area (Å²) in [4.78, 5) is 38.9. The molecule has 2 aromatic heterocycles. The molecule has 9 heteroatoms. The van der Waals surface area contributed by atoms with Crippen LogP contribution in [-0.4, -0.2) is 56.8 Å². The van der Waals surface area contributed by atoms with Gasteiger partial charge in [-0.25, -0.2) is 9.97 Å². The van der Waals surface area contributed by atoms with Crippen molar-refractivity contribution in [3.05, 3.63) is 54.3 Å². The van der Waals surface area contributed by atoms with E-state index in [0.29, 0.717) is 29.8 Å². The third-order valence-electron chi connectivity index (χ3n) is 7.27. The smallest absolute Gasteiger partial charge is 0.245 e. The van der Waals surface area contributed by atoms with Gasteiger partial charge in [0.15, 0.2) is 0 Å². The highest BCUT2D eigenvalue weighted by Crippen LogP contribution is 2.33. The van der Waals surface area contributed by atoms with Crippen LogP contribution in [0, 0.1) is 5.92 Å². The van der Waals surface area contributed by atoms with Crippen molar-refractivity contribution < 1.29 is 9.59 Å². The molecule has 8 nitrogen and oxygen atoms in total. The summed E-state index contributed by atoms with van der Waals surface area (Å²) in [5.74, 6) is 0.360. The molecule has 0 spiro atoms. The first-order valence-electron chi connectivity index (χ1n) is 12.6. The van der Waals surface area contributed by atoms with Crippen molar-refractivity contribution in [2.24, 2.45) is 5.92 Å². The van der Waals surface area contributed by atoms with Crippen LogP contribution in [0.5, 0.6) is 0 Å². The second-order valence-corrected chi connectivity index (χ2v) is 10.1. The SMILES string of the molecule is C=CC(=O)N1CCCC(C(=O)N[C@H]2CC[C@@H](Nc3ncc(Cl)c(-c4c[nH]c5ccccc45)n3)CC2)C1. The Morgan fingerprint density at radius 1 is 1.14 bits per heavy atom. The van der Waals surface area contributed by atoms with Crippen LogP contribution in [0.4, 0.5) is 5.95 Å². The van der Waals surface area contributed by atoms with Gasteiger partial charge in [0.05, 0.1) is 22.8 Å². The third kappa shape index (κ3) is 5.23. The van der Waals surface area contributed by atoms with E-state index in [4.69, 9.17) is 16.6 Å². The molecule has 36 heavy (non-hydrogen) atoms. The van der Waals surface area contributed by atoms with E-state index in [-0.39, 0.29) is 29.8 Å². The first-order valence-corrected chi connectivity index (χ1v) is 13.0. The van der Waals surface area contributed by atoms with E-state index in [0.717, 1.165) is 55.0 Å². The lowest BCUT2D eigenvalue weighted by Gasteiger charge is -2.34. The van der Waals surface area contributed by atoms with Gasteiger partial charge in [0, 0.05) is 47.8 Å². The predicted octanol–water partition coefficient (Wildman–Crippen LogP) is 4.54. The maximum absolute atomic E-state index is 12.8. The minimum absolute atomic E-state index is 0.0531. The summed E-state index contributed by atoms with van der Waals surface area (Å²) in [5, 5.41) is 8.26. The molecular formula is C27H31ClN6O2. The number of carbonyl (C=O) groups excluding carboxylic acids is 2. The van der Waals surface area contributed by atoms with Crippen molar-refractivity contribution in [2.45, 2.75) is 50.6 Å². The van der Waals surface area contributed by atoms with Gasteiger partial charge in [-0.1, -0.05) is 36.4 Å². The number of benzene rings is 1. The van der Waals surface area contributed by atoms with Gasteiger partial charge in [-0.15, -0.1) is 0 Å². The average Bonchev–Trinajstić information content (AvgIpc) is 3.34. The number of likely N-dealkylation sites (tertiary alicyclic amines) is 1. The highest BCUT2D eigenvalue weighted by molar-refractivity contribution is 6.33. The quantitative estimate of drug-likeness (QED) is 0.426. The maximum atomic E-state index is 12.8. The largest absolute Gasteiger partial charge is 0.360 e. The first kappa shape index (κ1) is 24.3. The number of para-hydroxylation sites is 1. The van der Waals surface area contributed by atoms with Crippen molar-refractivity contribution >= 4 is 40.3 Å². The Morgan fingerprint density at radius 2 is 1.92 bits per heavy atom. The molecule has 1 atom stereocenters. The van der Waals surface area contributed by atoms with E-state index in [9.17, 15) is 9.59 Å². The fraction of sp³-hybridized carbons (Fsp3) is 0.407. The number of rotatable bonds is 6. The van der Waals surface area contributed by atoms with Gasteiger partial charge in [0.2, 0.25) is 17.8 Å². The van der Waals surface area contributed by atoms with Gasteiger partial charge in [-0.3, -0.25) is 9.59 Å². The zero-order chi connectivity index (χ0) is 25.1. The number of aromatic nitrogens is 3. The van der Waals surface area contributed by atoms with Gasteiger partial charge in [0.25, 0.3) is 0 Å². The summed E-state index contributed by atoms with van der Waals surface area (Å²) in [7, 11) is 0. The molecule has 3 N–H and O–H groups in total. The Labute approximate surface area is 215 Å². The van der Waals surface area contributed by atoms with Gasteiger partial charge in [-0.2, -0.15) is 0 Å². The lowest BCUT2D eigenvalue weighted by atomic mass is 9.90. The van der Waals surface area contributed by atoms with Crippen LogP contribution in [0.2, 0.25) is 5.02 Å². The molecule has 1 aromatic carbocycles. The Balaban J connectivity index is 1.16. The molecule has 3 heterocycles. The summed E-state index contributed by atoms with van der Waals surface area (Å²) < 4.78 is 0. The molecule has 3 aromatic rings. The van der Waals surface area contributed by atoms with Crippen LogP contribution in [0.3, 0.4) is 0 Å². The number of hydrogen-bond acceptors (Lipinski definition) is 5. The highest BCUT2D eigenvalue weighted by Gasteiger charge is 2.30. The number of carbonyl (C=O) groups is 2. The van der Waals surface area contributed by atoms with Gasteiger partial charge >= 0.3 is 0 Å². The molecular weight excluding hydrogens is 476 g/mol. The van der Waals surface area contributed by atoms with Crippen LogP contribution in [0.15, 0.2) is 49.3 Å². The number of halogens is 1. The molecule has 2 aliphatic rings. The number of anilines is 1. The van der Waals surface area contributed by atoms with Crippen molar-refractivity contribution in [2.75, 3.05) is 18.4 Å². The Morgan fingerprint density at radius 3 is 2.72 bits per heavy atom. The predicted molar refractivity (Wildman–Crippen MR) is 142 cm³/mol. The van der Waals surface area contributed by atoms with Crippen molar-refractivity contribution in [3.63, 3.8) is 0 Å². The maximum Gasteiger partial charge on any atom is 0.245 e. The van der Waals surface area contributed by atoms with Gasteiger partial charge in [-0.05, 0) is 50.7 Å². The number of nitrogens with zero attached hydrogens (tertiary/aromatic N) is 3. The average molecular weight is 507 g/mol. The number of nitrogens with one attached hydrogen (secondary N) is 3. The minimum Gasteiger partial charge on any atom is -0.360 e. The van der Waals surface area contributed by atoms with Crippen molar-refractivity contribution in [1.82, 2.24) is 25.2 Å². The summed E-state index contributed by atoms with van der Waals surface area (Å²) in [5.41, 5.74) is 2.68. The highest BCUT2D eigenvalue weighted by atomic mass is 35.5. The zero-order valence-corrected chi connectivity index (χ0v) is 20.9. The fourth-order valence-electron chi connectivity index (χ4n) is 5.30. The van der Waals surface area contributed by atoms with E-state index in [1.54, 1.807) is 11.1 Å². The van der Waals surface area contributed by atoms with Gasteiger partial charge in [0.1, 0.15) is 0 Å². The molecule has 2 fully saturated rings. The van der Waals surface area contributed by atoms with Crippen LogP contribution in [-0.2, 0) is 9.59 Å². The molecule has 1 aliphatic carbocycles. The van der Waals surface area contributed by atoms with Crippen molar-refractivity contribution in [1.29, 1.82) is 0 Å². The monoisotopic (exact) mass is 506 g/mol. The Kier molecular flexibility index (Phi) is 7.23. The first-order chi connectivity index (χ1) is 17.5. The summed E-state index contributed by atoms with van der Waals surface area (Å²) in [6.45, 7) is 4.72. The van der Waals surface area contributed by atoms with E-state index >= 15 is 0 Å². The molecule has 1 unspecified atom stereocenters. The molecule has 1 saturated carbocycles. The number of fused-ring (bicyclic) bond motifs is 1. The van der Waals surface area contributed by atoms with Crippen LogP contribution >= 0.6 is 11.6 Å². The van der Waals surface area contributed by atoms with E-state index < -0.39 is 0 Å².